The van der Waals surface area contributed by atoms with Crippen molar-refractivity contribution in [1.82, 2.24) is 30.2 Å². The number of piperazine rings is 1. The number of aromatic amines is 1. The number of piperidine rings is 1. The molecule has 0 unspecified atom stereocenters. The number of thiazole rings is 1. The van der Waals surface area contributed by atoms with Gasteiger partial charge in [0.25, 0.3) is 5.91 Å². The van der Waals surface area contributed by atoms with E-state index in [1.165, 1.54) is 38.6 Å². The number of nitrogens with zero attached hydrogens (tertiary/aromatic N) is 6. The molecule has 0 aromatic carbocycles. The van der Waals surface area contributed by atoms with Crippen molar-refractivity contribution in [3.8, 4) is 11.4 Å². The third-order valence-electron chi connectivity index (χ3n) is 9.01. The topological polar surface area (TPSA) is 131 Å². The fraction of sp³-hybridized carbons (Fsp3) is 0.567. The molecule has 5 heterocycles. The van der Waals surface area contributed by atoms with Crippen molar-refractivity contribution >= 4 is 57.4 Å². The third kappa shape index (κ3) is 6.83. The van der Waals surface area contributed by atoms with Gasteiger partial charge in [-0.05, 0) is 38.5 Å². The zero-order valence-corrected chi connectivity index (χ0v) is 27.1. The number of aromatic nitrogens is 4. The molecule has 3 aromatic heterocycles. The van der Waals surface area contributed by atoms with Gasteiger partial charge in [-0.15, -0.1) is 0 Å². The van der Waals surface area contributed by atoms with Gasteiger partial charge < -0.3 is 25.2 Å². The molecule has 2 aliphatic heterocycles. The van der Waals surface area contributed by atoms with Gasteiger partial charge in [0, 0.05) is 57.5 Å². The molecule has 3 aromatic rings. The van der Waals surface area contributed by atoms with Crippen molar-refractivity contribution in [2.45, 2.75) is 57.9 Å². The van der Waals surface area contributed by atoms with Gasteiger partial charge in [0.05, 0.1) is 22.4 Å². The first-order chi connectivity index (χ1) is 21.3. The van der Waals surface area contributed by atoms with E-state index in [0.717, 1.165) is 49.3 Å². The Hall–Kier alpha value is -2.93. The number of aryl methyl sites for hydroxylation is 1. The molecule has 1 saturated carbocycles. The number of carbonyl (C=O) groups is 2. The molecule has 3 aliphatic rings. The minimum Gasteiger partial charge on any atom is -0.477 e. The highest BCUT2D eigenvalue weighted by Crippen LogP contribution is 2.34. The minimum absolute atomic E-state index is 0.0527. The Balaban J connectivity index is 1.05. The summed E-state index contributed by atoms with van der Waals surface area (Å²) in [6, 6.07) is -0.0527. The lowest BCUT2D eigenvalue weighted by atomic mass is 9.89. The first-order valence-electron chi connectivity index (χ1n) is 15.4. The van der Waals surface area contributed by atoms with Gasteiger partial charge in [-0.25, -0.2) is 19.7 Å². The summed E-state index contributed by atoms with van der Waals surface area (Å²) in [6.07, 6.45) is 11.6. The molecule has 3 fully saturated rings. The Labute approximate surface area is 271 Å². The lowest BCUT2D eigenvalue weighted by Gasteiger charge is -2.37. The molecule has 2 saturated heterocycles. The zero-order valence-electron chi connectivity index (χ0n) is 24.8. The van der Waals surface area contributed by atoms with Crippen LogP contribution in [0.3, 0.4) is 0 Å². The van der Waals surface area contributed by atoms with Crippen molar-refractivity contribution in [3.63, 3.8) is 0 Å². The summed E-state index contributed by atoms with van der Waals surface area (Å²) in [5, 5.41) is 14.2. The standard InChI is InChI=1S/C30H38Cl2N8O3S/c1-18-23(31)24(32)26(35-18)28(41)36-20-7-9-40(10-8-20)30-37-25(27(44-30)29(42)43)21-15-34-22(16-33-21)39-13-11-38(12-14-39)17-19-5-3-2-4-6-19/h15-16,19-20,35H,2-14,17H2,1H3,(H,36,41)(H,42,43). The number of hydrogen-bond donors (Lipinski definition) is 3. The Morgan fingerprint density at radius 1 is 0.977 bits per heavy atom. The lowest BCUT2D eigenvalue weighted by Crippen LogP contribution is -2.48. The predicted octanol–water partition coefficient (Wildman–Crippen LogP) is 5.34. The molecule has 1 aliphatic carbocycles. The number of aromatic carboxylic acids is 1. The number of carbonyl (C=O) groups excluding carboxylic acids is 1. The number of carboxylic acid groups (broad SMARTS) is 1. The molecular formula is C30H38Cl2N8O3S. The SMILES string of the molecule is Cc1[nH]c(C(=O)NC2CCN(c3nc(-c4cnc(N5CCN(CC6CCCCC6)CC5)cn4)c(C(=O)O)s3)CC2)c(Cl)c1Cl. The van der Waals surface area contributed by atoms with Crippen molar-refractivity contribution in [2.24, 2.45) is 5.92 Å². The number of rotatable bonds is 8. The van der Waals surface area contributed by atoms with Crippen LogP contribution in [0.1, 0.15) is 70.8 Å². The molecule has 0 bridgehead atoms. The summed E-state index contributed by atoms with van der Waals surface area (Å²) < 4.78 is 0. The lowest BCUT2D eigenvalue weighted by molar-refractivity contribution is 0.0702. The largest absolute Gasteiger partial charge is 0.477 e. The molecule has 1 amide bonds. The highest BCUT2D eigenvalue weighted by Gasteiger charge is 2.29. The van der Waals surface area contributed by atoms with E-state index in [0.29, 0.717) is 53.2 Å². The average molecular weight is 662 g/mol. The average Bonchev–Trinajstić information content (AvgIpc) is 3.60. The second kappa shape index (κ2) is 13.6. The van der Waals surface area contributed by atoms with E-state index in [1.807, 2.05) is 0 Å². The maximum absolute atomic E-state index is 12.8. The van der Waals surface area contributed by atoms with Crippen molar-refractivity contribution in [1.29, 1.82) is 0 Å². The molecule has 44 heavy (non-hydrogen) atoms. The molecule has 0 radical (unpaired) electrons. The normalized spacial score (nSPS) is 19.0. The summed E-state index contributed by atoms with van der Waals surface area (Å²) in [6.45, 7) is 8.05. The Bertz CT molecular complexity index is 1470. The summed E-state index contributed by atoms with van der Waals surface area (Å²) in [4.78, 5) is 48.8. The first-order valence-corrected chi connectivity index (χ1v) is 17.0. The third-order valence-corrected chi connectivity index (χ3v) is 11.1. The maximum Gasteiger partial charge on any atom is 0.348 e. The van der Waals surface area contributed by atoms with Crippen LogP contribution in [-0.4, -0.2) is 93.7 Å². The molecule has 11 nitrogen and oxygen atoms in total. The van der Waals surface area contributed by atoms with Crippen LogP contribution in [0, 0.1) is 12.8 Å². The van der Waals surface area contributed by atoms with E-state index >= 15 is 0 Å². The predicted molar refractivity (Wildman–Crippen MR) is 174 cm³/mol. The molecule has 0 spiro atoms. The number of nitrogens with one attached hydrogen (secondary N) is 2. The van der Waals surface area contributed by atoms with Crippen molar-refractivity contribution in [3.05, 3.63) is 38.7 Å². The smallest absolute Gasteiger partial charge is 0.348 e. The summed E-state index contributed by atoms with van der Waals surface area (Å²) in [5.41, 5.74) is 1.69. The van der Waals surface area contributed by atoms with Crippen LogP contribution in [0.2, 0.25) is 10.0 Å². The second-order valence-electron chi connectivity index (χ2n) is 12.0. The van der Waals surface area contributed by atoms with E-state index in [4.69, 9.17) is 28.2 Å². The van der Waals surface area contributed by atoms with Crippen molar-refractivity contribution < 1.29 is 14.7 Å². The number of halogens is 2. The molecule has 0 atom stereocenters. The van der Waals surface area contributed by atoms with E-state index in [1.54, 1.807) is 19.3 Å². The number of anilines is 2. The van der Waals surface area contributed by atoms with Gasteiger partial charge in [-0.2, -0.15) is 0 Å². The second-order valence-corrected chi connectivity index (χ2v) is 13.8. The molecule has 3 N–H and O–H groups in total. The number of carboxylic acids is 1. The van der Waals surface area contributed by atoms with Gasteiger partial charge in [-0.3, -0.25) is 9.69 Å². The number of H-pyrrole nitrogens is 1. The Kier molecular flexibility index (Phi) is 9.60. The summed E-state index contributed by atoms with van der Waals surface area (Å²) in [5.74, 6) is 0.312. The van der Waals surface area contributed by atoms with Crippen LogP contribution in [-0.2, 0) is 0 Å². The van der Waals surface area contributed by atoms with Crippen LogP contribution < -0.4 is 15.1 Å². The Morgan fingerprint density at radius 2 is 1.70 bits per heavy atom. The van der Waals surface area contributed by atoms with Gasteiger partial charge >= 0.3 is 5.97 Å². The fourth-order valence-electron chi connectivity index (χ4n) is 6.46. The monoisotopic (exact) mass is 660 g/mol. The number of hydrogen-bond acceptors (Lipinski definition) is 9. The van der Waals surface area contributed by atoms with Crippen LogP contribution in [0.5, 0.6) is 0 Å². The maximum atomic E-state index is 12.8. The summed E-state index contributed by atoms with van der Waals surface area (Å²) in [7, 11) is 0. The molecule has 236 valence electrons. The molecular weight excluding hydrogens is 623 g/mol. The van der Waals surface area contributed by atoms with E-state index < -0.39 is 5.97 Å². The van der Waals surface area contributed by atoms with Crippen LogP contribution in [0.25, 0.3) is 11.4 Å². The zero-order chi connectivity index (χ0) is 30.8. The minimum atomic E-state index is -1.04. The van der Waals surface area contributed by atoms with Crippen molar-refractivity contribution in [2.75, 3.05) is 55.6 Å². The molecule has 14 heteroatoms. The van der Waals surface area contributed by atoms with E-state index in [2.05, 4.69) is 35.0 Å². The fourth-order valence-corrected chi connectivity index (χ4v) is 7.85. The van der Waals surface area contributed by atoms with Gasteiger partial charge in [-0.1, -0.05) is 53.8 Å². The van der Waals surface area contributed by atoms with Crippen LogP contribution in [0.4, 0.5) is 10.9 Å². The van der Waals surface area contributed by atoms with Gasteiger partial charge in [0.15, 0.2) is 5.13 Å². The van der Waals surface area contributed by atoms with Gasteiger partial charge in [0.1, 0.15) is 27.8 Å². The highest BCUT2D eigenvalue weighted by atomic mass is 35.5. The van der Waals surface area contributed by atoms with Gasteiger partial charge in [0.2, 0.25) is 0 Å². The molecule has 6 rings (SSSR count). The summed E-state index contributed by atoms with van der Waals surface area (Å²) >= 11 is 13.5. The number of amides is 1. The van der Waals surface area contributed by atoms with E-state index in [-0.39, 0.29) is 27.5 Å². The quantitative estimate of drug-likeness (QED) is 0.293. The highest BCUT2D eigenvalue weighted by molar-refractivity contribution is 7.17. The van der Waals surface area contributed by atoms with E-state index in [9.17, 15) is 14.7 Å². The van der Waals surface area contributed by atoms with Crippen LogP contribution >= 0.6 is 34.5 Å². The van der Waals surface area contributed by atoms with Crippen LogP contribution in [0.15, 0.2) is 12.4 Å². The Morgan fingerprint density at radius 3 is 2.32 bits per heavy atom. The first kappa shape index (κ1) is 31.1.